The fraction of sp³-hybridized carbons (Fsp3) is 0.213. The monoisotopic (exact) mass is 838 g/mol. The van der Waals surface area contributed by atoms with Crippen molar-refractivity contribution in [1.82, 2.24) is 0 Å². The van der Waals surface area contributed by atoms with Gasteiger partial charge in [-0.2, -0.15) is 29.8 Å². The molecule has 0 saturated carbocycles. The fourth-order valence-electron chi connectivity index (χ4n) is 6.47. The molecule has 0 radical (unpaired) electrons. The van der Waals surface area contributed by atoms with Gasteiger partial charge < -0.3 is 0 Å². The molecule has 2 aliphatic carbocycles. The molecule has 0 fully saturated rings. The molecule has 0 bridgehead atoms. The van der Waals surface area contributed by atoms with E-state index in [1.807, 2.05) is 36.4 Å². The average molecular weight is 842 g/mol. The molecule has 0 unspecified atom stereocenters. The van der Waals surface area contributed by atoms with Gasteiger partial charge in [0.2, 0.25) is 0 Å². The van der Waals surface area contributed by atoms with Crippen LogP contribution in [0.1, 0.15) is 81.3 Å². The zero-order valence-corrected chi connectivity index (χ0v) is 36.1. The van der Waals surface area contributed by atoms with Gasteiger partial charge in [-0.15, -0.1) is 42.4 Å². The molecule has 0 aromatic heterocycles. The molecule has 8 rings (SSSR count). The van der Waals surface area contributed by atoms with E-state index in [-0.39, 0.29) is 35.6 Å². The molecule has 52 heavy (non-hydrogen) atoms. The smallest absolute Gasteiger partial charge is 0.109 e. The van der Waals surface area contributed by atoms with E-state index in [9.17, 15) is 0 Å². The van der Waals surface area contributed by atoms with E-state index in [1.165, 1.54) is 82.7 Å². The third-order valence-electron chi connectivity index (χ3n) is 9.24. The largest absolute Gasteiger partial charge is 0.273 e. The van der Waals surface area contributed by atoms with Gasteiger partial charge in [0.15, 0.2) is 0 Å². The minimum atomic E-state index is 0. The number of allylic oxidation sites excluding steroid dienone is 4. The number of halogens is 4. The molecule has 0 N–H and O–H groups in total. The van der Waals surface area contributed by atoms with Gasteiger partial charge in [0.25, 0.3) is 0 Å². The van der Waals surface area contributed by atoms with E-state index < -0.39 is 0 Å². The number of benzene rings is 6. The van der Waals surface area contributed by atoms with Crippen LogP contribution >= 0.6 is 48.0 Å². The van der Waals surface area contributed by atoms with Crippen molar-refractivity contribution in [2.24, 2.45) is 0 Å². The Morgan fingerprint density at radius 2 is 1.21 bits per heavy atom. The maximum absolute atomic E-state index is 6.38. The standard InChI is InChI=1S/C21H12Cl2.C21H25.C5H5.2ClH.Zr/c22-18-10-14-5-1-3-7-20(14)16(12-18)9-17-13-19(23)11-15-6-2-4-8-21(15)17;1-20(2,3)16-7-9-18-14(12-16)11-15-13-17(21(4,5)6)8-10-19(15)18;1-2-4-5-3-1;;;/h1-8,10-13H;7-10,12H,11H2,1-6H3;1-3H,4H2;2*1H;/q;2*-1;;;+2. The summed E-state index contributed by atoms with van der Waals surface area (Å²) in [5.41, 5.74) is 11.1. The van der Waals surface area contributed by atoms with Gasteiger partial charge in [0.05, 0.1) is 0 Å². The topological polar surface area (TPSA) is 0 Å². The quantitative estimate of drug-likeness (QED) is 0.152. The predicted octanol–water partition coefficient (Wildman–Crippen LogP) is 14.2. The maximum Gasteiger partial charge on any atom is -0.109 e. The van der Waals surface area contributed by atoms with Crippen LogP contribution in [-0.4, -0.2) is 3.21 Å². The van der Waals surface area contributed by atoms with Gasteiger partial charge in [0.1, 0.15) is 0 Å². The summed E-state index contributed by atoms with van der Waals surface area (Å²) >= 11 is 14.1. The van der Waals surface area contributed by atoms with Crippen molar-refractivity contribution < 1.29 is 24.2 Å². The molecule has 6 aromatic carbocycles. The van der Waals surface area contributed by atoms with Gasteiger partial charge in [-0.25, -0.2) is 12.2 Å². The summed E-state index contributed by atoms with van der Waals surface area (Å²) in [5.74, 6) is 0. The summed E-state index contributed by atoms with van der Waals surface area (Å²) in [7, 11) is 0. The van der Waals surface area contributed by atoms with Crippen molar-refractivity contribution in [3.05, 3.63) is 177 Å². The van der Waals surface area contributed by atoms with E-state index in [0.717, 1.165) is 33.7 Å². The van der Waals surface area contributed by atoms with Gasteiger partial charge in [0, 0.05) is 0 Å². The zero-order valence-electron chi connectivity index (χ0n) is 30.5. The second kappa shape index (κ2) is 17.6. The summed E-state index contributed by atoms with van der Waals surface area (Å²) in [4.78, 5) is 0. The van der Waals surface area contributed by atoms with Crippen LogP contribution in [0.15, 0.2) is 121 Å². The molecule has 0 amide bonds. The van der Waals surface area contributed by atoms with Crippen LogP contribution in [0.5, 0.6) is 0 Å². The van der Waals surface area contributed by atoms with Crippen LogP contribution in [0.3, 0.4) is 0 Å². The summed E-state index contributed by atoms with van der Waals surface area (Å²) in [6.07, 6.45) is 11.0. The summed E-state index contributed by atoms with van der Waals surface area (Å²) < 4.78 is 1.26. The van der Waals surface area contributed by atoms with Crippen molar-refractivity contribution >= 4 is 72.8 Å². The van der Waals surface area contributed by atoms with Crippen LogP contribution in [0.25, 0.3) is 32.7 Å². The van der Waals surface area contributed by atoms with E-state index in [1.54, 1.807) is 0 Å². The maximum atomic E-state index is 6.38. The second-order valence-corrected chi connectivity index (χ2v) is 17.1. The van der Waals surface area contributed by atoms with E-state index >= 15 is 0 Å². The van der Waals surface area contributed by atoms with Gasteiger partial charge in [-0.3, -0.25) is 6.08 Å². The summed E-state index contributed by atoms with van der Waals surface area (Å²) in [5, 5.41) is 6.28. The first-order chi connectivity index (χ1) is 23.8. The average Bonchev–Trinajstić information content (AvgIpc) is 3.78. The Balaban J connectivity index is 0.000000199. The molecular weight excluding hydrogens is 798 g/mol. The van der Waals surface area contributed by atoms with Crippen LogP contribution in [0, 0.1) is 12.1 Å². The van der Waals surface area contributed by atoms with E-state index in [4.69, 9.17) is 23.2 Å². The number of rotatable bonds is 2. The Morgan fingerprint density at radius 3 is 1.69 bits per heavy atom. The Hall–Kier alpha value is -2.77. The molecule has 5 heteroatoms. The molecule has 0 aliphatic heterocycles. The van der Waals surface area contributed by atoms with E-state index in [0.29, 0.717) is 0 Å². The van der Waals surface area contributed by atoms with Crippen LogP contribution < -0.4 is 0 Å². The molecule has 264 valence electrons. The van der Waals surface area contributed by atoms with Crippen LogP contribution in [0.4, 0.5) is 0 Å². The molecule has 0 spiro atoms. The van der Waals surface area contributed by atoms with Crippen LogP contribution in [-0.2, 0) is 41.5 Å². The zero-order chi connectivity index (χ0) is 35.6. The SMILES string of the molecule is CC(C)(C)c1[c-]c2c(cc1)-c1ccc(C(C)(C)C)cc1C2.Cl.Cl.Clc1cc([C](=[Zr+2])c2cc(Cl)cc3ccccc23)c2ccccc2c1.[C-]1=CC=CC1. The Bertz CT molecular complexity index is 2120. The van der Waals surface area contributed by atoms with Gasteiger partial charge in [-0.05, 0) is 28.4 Å². The second-order valence-electron chi connectivity index (χ2n) is 15.0. The fourth-order valence-corrected chi connectivity index (χ4v) is 7.94. The van der Waals surface area contributed by atoms with Crippen molar-refractivity contribution in [3.63, 3.8) is 0 Å². The number of hydrogen-bond donors (Lipinski definition) is 0. The van der Waals surface area contributed by atoms with Gasteiger partial charge >= 0.3 is 166 Å². The van der Waals surface area contributed by atoms with Crippen molar-refractivity contribution in [3.8, 4) is 11.1 Å². The molecule has 6 aromatic rings. The minimum absolute atomic E-state index is 0. The van der Waals surface area contributed by atoms with Gasteiger partial charge in [-0.1, -0.05) is 65.3 Å². The molecule has 0 saturated heterocycles. The molecule has 0 atom stereocenters. The molecule has 0 heterocycles. The normalized spacial score (nSPS) is 12.5. The predicted molar refractivity (Wildman–Crippen MR) is 228 cm³/mol. The Kier molecular flexibility index (Phi) is 14.2. The first-order valence-corrected chi connectivity index (χ1v) is 19.1. The first kappa shape index (κ1) is 42.0. The minimum Gasteiger partial charge on any atom is -0.273 e. The third kappa shape index (κ3) is 9.66. The molecule has 0 nitrogen and oxygen atoms in total. The molecular formula is C47H44Cl4Zr. The van der Waals surface area contributed by atoms with Crippen LogP contribution in [0.2, 0.25) is 10.0 Å². The third-order valence-corrected chi connectivity index (χ3v) is 11.0. The van der Waals surface area contributed by atoms with Crippen molar-refractivity contribution in [2.75, 3.05) is 0 Å². The number of fused-ring (bicyclic) bond motifs is 5. The van der Waals surface area contributed by atoms with Crippen molar-refractivity contribution in [2.45, 2.75) is 65.2 Å². The van der Waals surface area contributed by atoms with Crippen molar-refractivity contribution in [1.29, 1.82) is 0 Å². The summed E-state index contributed by atoms with van der Waals surface area (Å²) in [6, 6.07) is 40.0. The Morgan fingerprint density at radius 1 is 0.654 bits per heavy atom. The first-order valence-electron chi connectivity index (χ1n) is 17.2. The summed E-state index contributed by atoms with van der Waals surface area (Å²) in [6.45, 7) is 13.6. The Labute approximate surface area is 347 Å². The number of hydrogen-bond acceptors (Lipinski definition) is 0. The molecule has 2 aliphatic rings. The van der Waals surface area contributed by atoms with E-state index in [2.05, 4.69) is 139 Å².